The number of imidazole rings is 1. The summed E-state index contributed by atoms with van der Waals surface area (Å²) < 4.78 is 2.00. The Balaban J connectivity index is 2.37. The predicted octanol–water partition coefficient (Wildman–Crippen LogP) is 1.97. The van der Waals surface area contributed by atoms with Gasteiger partial charge in [0.05, 0.1) is 11.4 Å². The minimum atomic E-state index is 0.458. The molecular weight excluding hydrogens is 224 g/mol. The molecule has 0 spiro atoms. The van der Waals surface area contributed by atoms with Gasteiger partial charge in [-0.2, -0.15) is 0 Å². The highest BCUT2D eigenvalue weighted by Crippen LogP contribution is 2.16. The van der Waals surface area contributed by atoms with E-state index in [1.165, 1.54) is 0 Å². The number of hydrogen-bond donors (Lipinski definition) is 1. The highest BCUT2D eigenvalue weighted by molar-refractivity contribution is 5.53. The lowest BCUT2D eigenvalue weighted by atomic mass is 10.3. The highest BCUT2D eigenvalue weighted by Gasteiger charge is 2.05. The quantitative estimate of drug-likeness (QED) is 0.788. The summed E-state index contributed by atoms with van der Waals surface area (Å²) in [5.74, 6) is 0. The number of hydrogen-bond acceptors (Lipinski definition) is 3. The molecule has 0 radical (unpaired) electrons. The number of rotatable bonds is 6. The Labute approximate surface area is 107 Å². The Morgan fingerprint density at radius 2 is 1.94 bits per heavy atom. The van der Waals surface area contributed by atoms with Gasteiger partial charge in [-0.15, -0.1) is 13.2 Å². The average Bonchev–Trinajstić information content (AvgIpc) is 2.80. The summed E-state index contributed by atoms with van der Waals surface area (Å²) in [5, 5.41) is 0. The molecule has 2 aromatic rings. The molecule has 0 aliphatic heterocycles. The maximum Gasteiger partial charge on any atom is 0.137 e. The number of fused-ring (bicyclic) bond motifs is 1. The van der Waals surface area contributed by atoms with Crippen molar-refractivity contribution in [1.29, 1.82) is 0 Å². The molecule has 2 N–H and O–H groups in total. The van der Waals surface area contributed by atoms with Crippen LogP contribution in [0.1, 0.15) is 5.69 Å². The van der Waals surface area contributed by atoms with E-state index >= 15 is 0 Å². The first kappa shape index (κ1) is 12.4. The Morgan fingerprint density at radius 3 is 2.56 bits per heavy atom. The van der Waals surface area contributed by atoms with Crippen LogP contribution in [0.2, 0.25) is 0 Å². The van der Waals surface area contributed by atoms with Crippen LogP contribution < -0.4 is 10.6 Å². The zero-order valence-electron chi connectivity index (χ0n) is 10.4. The van der Waals surface area contributed by atoms with Crippen LogP contribution in [-0.4, -0.2) is 22.5 Å². The highest BCUT2D eigenvalue weighted by atomic mass is 15.1. The van der Waals surface area contributed by atoms with E-state index in [4.69, 9.17) is 5.73 Å². The Kier molecular flexibility index (Phi) is 3.79. The summed E-state index contributed by atoms with van der Waals surface area (Å²) in [7, 11) is 0. The third kappa shape index (κ3) is 2.43. The van der Waals surface area contributed by atoms with Crippen LogP contribution in [0.25, 0.3) is 5.65 Å². The minimum Gasteiger partial charge on any atom is -0.363 e. The van der Waals surface area contributed by atoms with Crippen molar-refractivity contribution in [3.8, 4) is 0 Å². The van der Waals surface area contributed by atoms with Crippen molar-refractivity contribution in [2.45, 2.75) is 6.54 Å². The Bertz CT molecular complexity index is 546. The fourth-order valence-electron chi connectivity index (χ4n) is 1.92. The van der Waals surface area contributed by atoms with Gasteiger partial charge in [-0.1, -0.05) is 12.2 Å². The van der Waals surface area contributed by atoms with Crippen molar-refractivity contribution in [2.75, 3.05) is 18.0 Å². The second-order valence-electron chi connectivity index (χ2n) is 4.07. The largest absolute Gasteiger partial charge is 0.363 e. The summed E-state index contributed by atoms with van der Waals surface area (Å²) in [5.41, 5.74) is 8.52. The molecule has 2 rings (SSSR count). The SMILES string of the molecule is C=CCN(CC=C)c1ccc2nc(CN)cn2c1. The molecule has 0 bridgehead atoms. The number of aromatic nitrogens is 2. The fourth-order valence-corrected chi connectivity index (χ4v) is 1.92. The first-order chi connectivity index (χ1) is 8.78. The molecule has 0 saturated heterocycles. The standard InChI is InChI=1S/C14H18N4/c1-3-7-17(8-4-2)13-5-6-14-16-12(9-15)10-18(14)11-13/h3-6,10-11H,1-2,7-9,15H2. The first-order valence-electron chi connectivity index (χ1n) is 5.93. The van der Waals surface area contributed by atoms with Crippen LogP contribution in [0.4, 0.5) is 5.69 Å². The molecule has 2 heterocycles. The summed E-state index contributed by atoms with van der Waals surface area (Å²) >= 11 is 0. The third-order valence-corrected chi connectivity index (χ3v) is 2.76. The van der Waals surface area contributed by atoms with Gasteiger partial charge < -0.3 is 15.0 Å². The van der Waals surface area contributed by atoms with Gasteiger partial charge in [-0.05, 0) is 12.1 Å². The lowest BCUT2D eigenvalue weighted by Gasteiger charge is -2.21. The van der Waals surface area contributed by atoms with Gasteiger partial charge in [0, 0.05) is 32.0 Å². The lowest BCUT2D eigenvalue weighted by Crippen LogP contribution is -2.23. The molecular formula is C14H18N4. The van der Waals surface area contributed by atoms with Crippen molar-refractivity contribution in [2.24, 2.45) is 5.73 Å². The smallest absolute Gasteiger partial charge is 0.137 e. The molecule has 2 aromatic heterocycles. The zero-order chi connectivity index (χ0) is 13.0. The monoisotopic (exact) mass is 242 g/mol. The van der Waals surface area contributed by atoms with Crippen LogP contribution in [0.3, 0.4) is 0 Å². The van der Waals surface area contributed by atoms with Crippen molar-refractivity contribution in [1.82, 2.24) is 9.38 Å². The fraction of sp³-hybridized carbons (Fsp3) is 0.214. The zero-order valence-corrected chi connectivity index (χ0v) is 10.4. The van der Waals surface area contributed by atoms with Gasteiger partial charge in [0.25, 0.3) is 0 Å². The van der Waals surface area contributed by atoms with Crippen molar-refractivity contribution in [3.63, 3.8) is 0 Å². The molecule has 4 heteroatoms. The molecule has 4 nitrogen and oxygen atoms in total. The maximum atomic E-state index is 5.59. The van der Waals surface area contributed by atoms with Crippen LogP contribution in [0, 0.1) is 0 Å². The summed E-state index contributed by atoms with van der Waals surface area (Å²) in [4.78, 5) is 6.58. The van der Waals surface area contributed by atoms with Crippen molar-refractivity contribution >= 4 is 11.3 Å². The Morgan fingerprint density at radius 1 is 1.22 bits per heavy atom. The van der Waals surface area contributed by atoms with E-state index in [-0.39, 0.29) is 0 Å². The minimum absolute atomic E-state index is 0.458. The molecule has 0 aliphatic carbocycles. The molecule has 94 valence electrons. The normalized spacial score (nSPS) is 10.5. The predicted molar refractivity (Wildman–Crippen MR) is 75.7 cm³/mol. The molecule has 0 unspecified atom stereocenters. The van der Waals surface area contributed by atoms with Crippen LogP contribution >= 0.6 is 0 Å². The molecule has 0 atom stereocenters. The summed E-state index contributed by atoms with van der Waals surface area (Å²) in [6.07, 6.45) is 7.77. The van der Waals surface area contributed by atoms with Gasteiger partial charge in [-0.3, -0.25) is 0 Å². The van der Waals surface area contributed by atoms with E-state index < -0.39 is 0 Å². The van der Waals surface area contributed by atoms with Crippen molar-refractivity contribution < 1.29 is 0 Å². The van der Waals surface area contributed by atoms with Gasteiger partial charge in [0.1, 0.15) is 5.65 Å². The summed E-state index contributed by atoms with van der Waals surface area (Å²) in [6.45, 7) is 9.59. The van der Waals surface area contributed by atoms with Crippen molar-refractivity contribution in [3.05, 3.63) is 55.5 Å². The van der Waals surface area contributed by atoms with Crippen LogP contribution in [0.15, 0.2) is 49.8 Å². The molecule has 0 fully saturated rings. The number of nitrogens with two attached hydrogens (primary N) is 1. The van der Waals surface area contributed by atoms with E-state index in [0.717, 1.165) is 30.1 Å². The topological polar surface area (TPSA) is 46.6 Å². The lowest BCUT2D eigenvalue weighted by molar-refractivity contribution is 0.945. The van der Waals surface area contributed by atoms with E-state index in [2.05, 4.69) is 35.3 Å². The molecule has 18 heavy (non-hydrogen) atoms. The maximum absolute atomic E-state index is 5.59. The van der Waals surface area contributed by atoms with Gasteiger partial charge in [0.2, 0.25) is 0 Å². The number of anilines is 1. The van der Waals surface area contributed by atoms with Gasteiger partial charge in [-0.25, -0.2) is 4.98 Å². The molecule has 0 aliphatic rings. The van der Waals surface area contributed by atoms with Gasteiger partial charge >= 0.3 is 0 Å². The first-order valence-corrected chi connectivity index (χ1v) is 5.93. The molecule has 0 amide bonds. The second-order valence-corrected chi connectivity index (χ2v) is 4.07. The average molecular weight is 242 g/mol. The van der Waals surface area contributed by atoms with E-state index in [1.807, 2.05) is 28.8 Å². The third-order valence-electron chi connectivity index (χ3n) is 2.76. The summed E-state index contributed by atoms with van der Waals surface area (Å²) in [6, 6.07) is 4.04. The second kappa shape index (κ2) is 5.51. The van der Waals surface area contributed by atoms with Crippen LogP contribution in [0.5, 0.6) is 0 Å². The van der Waals surface area contributed by atoms with E-state index in [0.29, 0.717) is 6.54 Å². The van der Waals surface area contributed by atoms with Gasteiger partial charge in [0.15, 0.2) is 0 Å². The number of pyridine rings is 1. The number of nitrogens with zero attached hydrogens (tertiary/aromatic N) is 3. The van der Waals surface area contributed by atoms with Crippen LogP contribution in [-0.2, 0) is 6.54 Å². The Hall–Kier alpha value is -2.07. The van der Waals surface area contributed by atoms with E-state index in [9.17, 15) is 0 Å². The van der Waals surface area contributed by atoms with E-state index in [1.54, 1.807) is 0 Å². The molecule has 0 aromatic carbocycles. The molecule has 0 saturated carbocycles.